The van der Waals surface area contributed by atoms with E-state index in [1.807, 2.05) is 66.7 Å². The first kappa shape index (κ1) is 21.1. The monoisotopic (exact) mass is 499 g/mol. The lowest BCUT2D eigenvalue weighted by molar-refractivity contribution is 0.0557. The Balaban J connectivity index is 1.99. The zero-order valence-corrected chi connectivity index (χ0v) is 19.5. The third-order valence-corrected chi connectivity index (χ3v) is 6.26. The summed E-state index contributed by atoms with van der Waals surface area (Å²) in [5, 5.41) is 4.40. The summed E-state index contributed by atoms with van der Waals surface area (Å²) in [6, 6.07) is 23.3. The molecule has 0 radical (unpaired) electrons. The Hall–Kier alpha value is -3.77. The maximum Gasteiger partial charge on any atom is 0.340 e. The fraction of sp³-hybridized carbons (Fsp3) is 0.0741. The van der Waals surface area contributed by atoms with Gasteiger partial charge in [0.1, 0.15) is 5.56 Å². The molecule has 33 heavy (non-hydrogen) atoms. The maximum absolute atomic E-state index is 13.1. The minimum absolute atomic E-state index is 0.0832. The number of hydrogen-bond acceptors (Lipinski definition) is 5. The van der Waals surface area contributed by atoms with Gasteiger partial charge >= 0.3 is 11.9 Å². The number of ether oxygens (including phenoxy) is 2. The van der Waals surface area contributed by atoms with Gasteiger partial charge in [-0.15, -0.1) is 0 Å². The van der Waals surface area contributed by atoms with E-state index in [0.717, 1.165) is 26.0 Å². The lowest BCUT2D eigenvalue weighted by Gasteiger charge is -2.16. The maximum atomic E-state index is 13.1. The van der Waals surface area contributed by atoms with Crippen LogP contribution in [0.25, 0.3) is 43.7 Å². The second kappa shape index (κ2) is 8.30. The van der Waals surface area contributed by atoms with Crippen LogP contribution in [0.3, 0.4) is 0 Å². The molecular weight excluding hydrogens is 482 g/mol. The molecule has 5 rings (SSSR count). The number of methoxy groups -OCH3 is 2. The van der Waals surface area contributed by atoms with Crippen molar-refractivity contribution in [2.45, 2.75) is 0 Å². The van der Waals surface area contributed by atoms with Gasteiger partial charge in [0.15, 0.2) is 0 Å². The van der Waals surface area contributed by atoms with Gasteiger partial charge < -0.3 is 9.47 Å². The molecule has 0 N–H and O–H groups in total. The van der Waals surface area contributed by atoms with E-state index in [-0.39, 0.29) is 11.1 Å². The number of carbonyl (C=O) groups is 2. The van der Waals surface area contributed by atoms with Gasteiger partial charge in [0, 0.05) is 15.4 Å². The second-order valence-corrected chi connectivity index (χ2v) is 8.50. The molecule has 1 heterocycles. The molecule has 0 aliphatic rings. The highest BCUT2D eigenvalue weighted by Crippen LogP contribution is 2.37. The molecule has 162 valence electrons. The van der Waals surface area contributed by atoms with Gasteiger partial charge in [0.25, 0.3) is 0 Å². The first-order chi connectivity index (χ1) is 16.0. The van der Waals surface area contributed by atoms with Crippen LogP contribution in [0.5, 0.6) is 0 Å². The van der Waals surface area contributed by atoms with E-state index in [2.05, 4.69) is 22.0 Å². The van der Waals surface area contributed by atoms with E-state index < -0.39 is 11.9 Å². The lowest BCUT2D eigenvalue weighted by Crippen LogP contribution is -2.15. The van der Waals surface area contributed by atoms with Crippen molar-refractivity contribution in [1.82, 2.24) is 4.98 Å². The van der Waals surface area contributed by atoms with Gasteiger partial charge in [-0.25, -0.2) is 14.6 Å². The molecule has 0 bridgehead atoms. The minimum Gasteiger partial charge on any atom is -0.465 e. The van der Waals surface area contributed by atoms with Crippen molar-refractivity contribution >= 4 is 60.3 Å². The van der Waals surface area contributed by atoms with Crippen molar-refractivity contribution in [2.75, 3.05) is 14.2 Å². The standard InChI is InChI=1S/C27H18BrNO4/c1-32-26(30)23-22-20-14-17-6-4-3-5-16(17)13-18(20)9-12-21(22)29-25(24(23)27(31)33-2)15-7-10-19(28)11-8-15/h3-14H,1-2H3. The van der Waals surface area contributed by atoms with Crippen LogP contribution in [0.2, 0.25) is 0 Å². The van der Waals surface area contributed by atoms with Crippen LogP contribution in [0.15, 0.2) is 77.3 Å². The van der Waals surface area contributed by atoms with Crippen LogP contribution in [-0.2, 0) is 9.47 Å². The van der Waals surface area contributed by atoms with Crippen LogP contribution in [-0.4, -0.2) is 31.1 Å². The fourth-order valence-electron chi connectivity index (χ4n) is 4.20. The molecule has 5 nitrogen and oxygen atoms in total. The molecule has 0 aliphatic heterocycles. The number of pyridine rings is 1. The van der Waals surface area contributed by atoms with Gasteiger partial charge in [-0.1, -0.05) is 58.4 Å². The number of benzene rings is 4. The second-order valence-electron chi connectivity index (χ2n) is 7.58. The van der Waals surface area contributed by atoms with Crippen molar-refractivity contribution in [3.8, 4) is 11.3 Å². The Morgan fingerprint density at radius 1 is 0.758 bits per heavy atom. The molecule has 0 saturated heterocycles. The summed E-state index contributed by atoms with van der Waals surface area (Å²) >= 11 is 3.43. The topological polar surface area (TPSA) is 65.5 Å². The van der Waals surface area contributed by atoms with E-state index in [9.17, 15) is 9.59 Å². The molecular formula is C27H18BrNO4. The molecule has 0 spiro atoms. The minimum atomic E-state index is -0.652. The highest BCUT2D eigenvalue weighted by Gasteiger charge is 2.28. The molecule has 5 aromatic rings. The summed E-state index contributed by atoms with van der Waals surface area (Å²) in [6.45, 7) is 0. The first-order valence-electron chi connectivity index (χ1n) is 10.2. The summed E-state index contributed by atoms with van der Waals surface area (Å²) in [5.74, 6) is -1.28. The molecule has 4 aromatic carbocycles. The summed E-state index contributed by atoms with van der Waals surface area (Å²) in [7, 11) is 2.59. The fourth-order valence-corrected chi connectivity index (χ4v) is 4.47. The van der Waals surface area contributed by atoms with Gasteiger partial charge in [0.2, 0.25) is 0 Å². The number of hydrogen-bond donors (Lipinski definition) is 0. The molecule has 0 fully saturated rings. The predicted molar refractivity (Wildman–Crippen MR) is 133 cm³/mol. The third-order valence-electron chi connectivity index (χ3n) is 5.73. The smallest absolute Gasteiger partial charge is 0.340 e. The number of carbonyl (C=O) groups excluding carboxylic acids is 2. The quantitative estimate of drug-likeness (QED) is 0.160. The van der Waals surface area contributed by atoms with E-state index in [0.29, 0.717) is 22.2 Å². The number of nitrogens with zero attached hydrogens (tertiary/aromatic N) is 1. The zero-order chi connectivity index (χ0) is 23.1. The predicted octanol–water partition coefficient (Wildman–Crippen LogP) is 6.54. The van der Waals surface area contributed by atoms with Crippen molar-refractivity contribution in [3.05, 3.63) is 88.4 Å². The van der Waals surface area contributed by atoms with Gasteiger partial charge in [0.05, 0.1) is 31.0 Å². The van der Waals surface area contributed by atoms with Crippen LogP contribution in [0.4, 0.5) is 0 Å². The Morgan fingerprint density at radius 3 is 2.06 bits per heavy atom. The van der Waals surface area contributed by atoms with Crippen molar-refractivity contribution in [1.29, 1.82) is 0 Å². The van der Waals surface area contributed by atoms with E-state index in [1.54, 1.807) is 0 Å². The average Bonchev–Trinajstić information content (AvgIpc) is 2.85. The van der Waals surface area contributed by atoms with E-state index in [4.69, 9.17) is 14.5 Å². The van der Waals surface area contributed by atoms with Crippen LogP contribution in [0.1, 0.15) is 20.7 Å². The van der Waals surface area contributed by atoms with E-state index in [1.165, 1.54) is 14.2 Å². The summed E-state index contributed by atoms with van der Waals surface area (Å²) in [5.41, 5.74) is 1.86. The van der Waals surface area contributed by atoms with Crippen molar-refractivity contribution in [2.24, 2.45) is 0 Å². The third kappa shape index (κ3) is 3.52. The van der Waals surface area contributed by atoms with Crippen LogP contribution < -0.4 is 0 Å². The zero-order valence-electron chi connectivity index (χ0n) is 17.9. The first-order valence-corrected chi connectivity index (χ1v) is 11.0. The number of aromatic nitrogens is 1. The number of rotatable bonds is 3. The van der Waals surface area contributed by atoms with E-state index >= 15 is 0 Å². The van der Waals surface area contributed by atoms with Crippen LogP contribution >= 0.6 is 15.9 Å². The Morgan fingerprint density at radius 2 is 1.39 bits per heavy atom. The van der Waals surface area contributed by atoms with Gasteiger partial charge in [-0.3, -0.25) is 0 Å². The molecule has 0 aliphatic carbocycles. The Bertz CT molecular complexity index is 1580. The Kier molecular flexibility index (Phi) is 5.30. The van der Waals surface area contributed by atoms with Gasteiger partial charge in [-0.05, 0) is 51.9 Å². The van der Waals surface area contributed by atoms with Crippen molar-refractivity contribution < 1.29 is 19.1 Å². The summed E-state index contributed by atoms with van der Waals surface area (Å²) in [6.07, 6.45) is 0. The molecule has 0 unspecified atom stereocenters. The molecule has 0 saturated carbocycles. The molecule has 6 heteroatoms. The number of halogens is 1. The molecule has 0 amide bonds. The average molecular weight is 500 g/mol. The number of esters is 2. The van der Waals surface area contributed by atoms with Crippen LogP contribution in [0, 0.1) is 0 Å². The Labute approximate surface area is 198 Å². The highest BCUT2D eigenvalue weighted by molar-refractivity contribution is 9.10. The normalized spacial score (nSPS) is 11.1. The summed E-state index contributed by atoms with van der Waals surface area (Å²) < 4.78 is 11.1. The lowest BCUT2D eigenvalue weighted by atomic mass is 9.92. The largest absolute Gasteiger partial charge is 0.465 e. The summed E-state index contributed by atoms with van der Waals surface area (Å²) in [4.78, 5) is 31.0. The molecule has 1 aromatic heterocycles. The van der Waals surface area contributed by atoms with Crippen molar-refractivity contribution in [3.63, 3.8) is 0 Å². The van der Waals surface area contributed by atoms with Gasteiger partial charge in [-0.2, -0.15) is 0 Å². The SMILES string of the molecule is COC(=O)c1c(-c2ccc(Br)cc2)nc2ccc3cc4ccccc4cc3c2c1C(=O)OC. The number of fused-ring (bicyclic) bond motifs is 4. The molecule has 0 atom stereocenters. The highest BCUT2D eigenvalue weighted by atomic mass is 79.9.